The molecule has 0 spiro atoms. The Hall–Kier alpha value is -3.13. The topological polar surface area (TPSA) is 66.6 Å². The zero-order valence-electron chi connectivity index (χ0n) is 23.1. The first-order valence-corrected chi connectivity index (χ1v) is 17.2. The van der Waals surface area contributed by atoms with E-state index in [1.807, 2.05) is 23.1 Å². The van der Waals surface area contributed by atoms with Crippen molar-refractivity contribution < 1.29 is 14.4 Å². The van der Waals surface area contributed by atoms with E-state index in [-0.39, 0.29) is 11.3 Å². The molecule has 4 aromatic rings. The minimum atomic E-state index is -1.86. The third-order valence-corrected chi connectivity index (χ3v) is 12.8. The van der Waals surface area contributed by atoms with Crippen molar-refractivity contribution in [2.45, 2.75) is 60.7 Å². The summed E-state index contributed by atoms with van der Waals surface area (Å²) in [7, 11) is -1.86. The van der Waals surface area contributed by atoms with Crippen LogP contribution >= 0.6 is 11.8 Å². The number of carbonyl (C=O) groups is 1. The van der Waals surface area contributed by atoms with Crippen LogP contribution in [0.25, 0.3) is 0 Å². The molecule has 3 aromatic carbocycles. The Balaban J connectivity index is 1.79. The Morgan fingerprint density at radius 2 is 1.33 bits per heavy atom. The van der Waals surface area contributed by atoms with E-state index >= 15 is 0 Å². The Morgan fingerprint density at radius 3 is 1.69 bits per heavy atom. The SMILES string of the molecule is C[SiH](C)C1(C(O)c2ccon2)C(=O)N(C(C)(C)C)C1SC(c1ccccc1)(c1ccccc1)c1ccccc1. The van der Waals surface area contributed by atoms with Gasteiger partial charge in [0.15, 0.2) is 0 Å². The number of aliphatic hydroxyl groups excluding tert-OH is 1. The molecule has 0 aliphatic carbocycles. The van der Waals surface area contributed by atoms with Gasteiger partial charge in [-0.25, -0.2) is 0 Å². The first-order valence-electron chi connectivity index (χ1n) is 13.4. The average Bonchev–Trinajstić information content (AvgIpc) is 3.47. The minimum absolute atomic E-state index is 0.00671. The van der Waals surface area contributed by atoms with Crippen LogP contribution in [-0.4, -0.2) is 40.8 Å². The number of amides is 1. The molecule has 0 radical (unpaired) electrons. The van der Waals surface area contributed by atoms with Gasteiger partial charge in [0, 0.05) is 11.6 Å². The van der Waals surface area contributed by atoms with Crippen LogP contribution in [0.4, 0.5) is 0 Å². The number of β-lactam (4-membered cyclic amide) rings is 1. The fourth-order valence-electron chi connectivity index (χ4n) is 5.97. The lowest BCUT2D eigenvalue weighted by Gasteiger charge is -2.64. The second-order valence-electron chi connectivity index (χ2n) is 11.5. The molecule has 5 nitrogen and oxygen atoms in total. The molecule has 1 aromatic heterocycles. The lowest BCUT2D eigenvalue weighted by Crippen LogP contribution is -2.74. The van der Waals surface area contributed by atoms with E-state index < -0.39 is 30.2 Å². The van der Waals surface area contributed by atoms with Crippen molar-refractivity contribution in [2.75, 3.05) is 0 Å². The highest BCUT2D eigenvalue weighted by Crippen LogP contribution is 2.66. The number of benzene rings is 3. The summed E-state index contributed by atoms with van der Waals surface area (Å²) >= 11 is 1.76. The van der Waals surface area contributed by atoms with Crippen LogP contribution in [0.1, 0.15) is 49.3 Å². The molecule has 1 amide bonds. The number of thioether (sulfide) groups is 1. The number of rotatable bonds is 8. The van der Waals surface area contributed by atoms with Gasteiger partial charge < -0.3 is 14.5 Å². The summed E-state index contributed by atoms with van der Waals surface area (Å²) in [6.45, 7) is 10.5. The van der Waals surface area contributed by atoms with E-state index in [9.17, 15) is 9.90 Å². The summed E-state index contributed by atoms with van der Waals surface area (Å²) in [6.07, 6.45) is 0.398. The van der Waals surface area contributed by atoms with Crippen molar-refractivity contribution >= 4 is 26.5 Å². The van der Waals surface area contributed by atoms with E-state index in [0.29, 0.717) is 5.69 Å². The highest BCUT2D eigenvalue weighted by Gasteiger charge is 2.70. The van der Waals surface area contributed by atoms with Crippen LogP contribution in [0, 0.1) is 0 Å². The Morgan fingerprint density at radius 1 is 0.872 bits per heavy atom. The second kappa shape index (κ2) is 10.4. The van der Waals surface area contributed by atoms with Crippen LogP contribution < -0.4 is 0 Å². The molecule has 39 heavy (non-hydrogen) atoms. The van der Waals surface area contributed by atoms with Crippen molar-refractivity contribution in [1.82, 2.24) is 10.1 Å². The molecule has 7 heteroatoms. The van der Waals surface area contributed by atoms with Crippen LogP contribution in [0.2, 0.25) is 18.1 Å². The van der Waals surface area contributed by atoms with Gasteiger partial charge in [0.05, 0.1) is 24.0 Å². The van der Waals surface area contributed by atoms with Crippen LogP contribution in [-0.2, 0) is 9.54 Å². The fourth-order valence-corrected chi connectivity index (χ4v) is 11.2. The summed E-state index contributed by atoms with van der Waals surface area (Å²) in [4.78, 5) is 16.3. The molecule has 1 aliphatic heterocycles. The van der Waals surface area contributed by atoms with Crippen LogP contribution in [0.3, 0.4) is 0 Å². The maximum Gasteiger partial charge on any atom is 0.232 e. The first-order chi connectivity index (χ1) is 18.6. The van der Waals surface area contributed by atoms with E-state index in [4.69, 9.17) is 4.52 Å². The third kappa shape index (κ3) is 4.37. The summed E-state index contributed by atoms with van der Waals surface area (Å²) in [5, 5.41) is 14.7. The number of hydrogen-bond acceptors (Lipinski definition) is 5. The van der Waals surface area contributed by atoms with Crippen molar-refractivity contribution in [1.29, 1.82) is 0 Å². The monoisotopic (exact) mass is 556 g/mol. The Bertz CT molecular complexity index is 1300. The maximum absolute atomic E-state index is 14.3. The number of aliphatic hydroxyl groups is 1. The van der Waals surface area contributed by atoms with E-state index in [1.165, 1.54) is 6.26 Å². The van der Waals surface area contributed by atoms with Gasteiger partial charge in [-0.05, 0) is 37.5 Å². The zero-order chi connectivity index (χ0) is 27.8. The lowest BCUT2D eigenvalue weighted by atomic mass is 9.83. The molecular weight excluding hydrogens is 521 g/mol. The Kier molecular flexibility index (Phi) is 7.35. The molecule has 2 heterocycles. The molecule has 1 saturated heterocycles. The molecule has 1 N–H and O–H groups in total. The fraction of sp³-hybridized carbons (Fsp3) is 0.312. The largest absolute Gasteiger partial charge is 0.386 e. The van der Waals surface area contributed by atoms with E-state index in [0.717, 1.165) is 16.7 Å². The van der Waals surface area contributed by atoms with Gasteiger partial charge in [0.1, 0.15) is 18.1 Å². The summed E-state index contributed by atoms with van der Waals surface area (Å²) in [6, 6.07) is 33.2. The van der Waals surface area contributed by atoms with Gasteiger partial charge in [0.2, 0.25) is 5.91 Å². The van der Waals surface area contributed by atoms with Crippen molar-refractivity contribution in [3.63, 3.8) is 0 Å². The average molecular weight is 557 g/mol. The summed E-state index contributed by atoms with van der Waals surface area (Å²) in [5.41, 5.74) is 3.33. The predicted molar refractivity (Wildman–Crippen MR) is 160 cm³/mol. The second-order valence-corrected chi connectivity index (χ2v) is 16.1. The standard InChI is InChI=1S/C32H36N2O3SSi/c1-30(2,3)34-28(36)32(39(4)5,27(35)26-21-22-37-33-26)29(34)38-31(23-15-9-6-10-16-23,24-17-11-7-12-18-24)25-19-13-8-14-20-25/h6-22,27,29,35,39H,1-5H3. The van der Waals surface area contributed by atoms with Crippen molar-refractivity contribution in [2.24, 2.45) is 0 Å². The lowest BCUT2D eigenvalue weighted by molar-refractivity contribution is -0.164. The summed E-state index contributed by atoms with van der Waals surface area (Å²) < 4.78 is 4.48. The predicted octanol–water partition coefficient (Wildman–Crippen LogP) is 6.63. The molecule has 5 rings (SSSR count). The molecular formula is C32H36N2O3SSi. The van der Waals surface area contributed by atoms with Gasteiger partial charge in [-0.1, -0.05) is 109 Å². The quantitative estimate of drug-likeness (QED) is 0.150. The highest BCUT2D eigenvalue weighted by atomic mass is 32.2. The van der Waals surface area contributed by atoms with Gasteiger partial charge in [-0.2, -0.15) is 0 Å². The molecule has 0 saturated carbocycles. The number of hydrogen-bond donors (Lipinski definition) is 1. The molecule has 1 fully saturated rings. The summed E-state index contributed by atoms with van der Waals surface area (Å²) in [5.74, 6) is -0.00671. The number of likely N-dealkylation sites (tertiary alicyclic amines) is 1. The van der Waals surface area contributed by atoms with E-state index in [2.05, 4.69) is 112 Å². The number of carbonyl (C=O) groups excluding carboxylic acids is 1. The van der Waals surface area contributed by atoms with Crippen LogP contribution in [0.5, 0.6) is 0 Å². The van der Waals surface area contributed by atoms with Gasteiger partial charge >= 0.3 is 0 Å². The number of nitrogens with zero attached hydrogens (tertiary/aromatic N) is 2. The van der Waals surface area contributed by atoms with Crippen molar-refractivity contribution in [3.8, 4) is 0 Å². The minimum Gasteiger partial charge on any atom is -0.386 e. The maximum atomic E-state index is 14.3. The molecule has 0 bridgehead atoms. The van der Waals surface area contributed by atoms with Gasteiger partial charge in [-0.3, -0.25) is 4.79 Å². The van der Waals surface area contributed by atoms with Gasteiger partial charge in [-0.15, -0.1) is 11.8 Å². The molecule has 202 valence electrons. The first kappa shape index (κ1) is 27.4. The highest BCUT2D eigenvalue weighted by molar-refractivity contribution is 8.01. The van der Waals surface area contributed by atoms with E-state index in [1.54, 1.807) is 17.8 Å². The third-order valence-electron chi connectivity index (χ3n) is 7.93. The molecule has 3 atom stereocenters. The molecule has 3 unspecified atom stereocenters. The van der Waals surface area contributed by atoms with Crippen LogP contribution in [0.15, 0.2) is 108 Å². The molecule has 1 aliphatic rings. The number of aromatic nitrogens is 1. The zero-order valence-corrected chi connectivity index (χ0v) is 25.1. The smallest absolute Gasteiger partial charge is 0.232 e. The normalized spacial score (nSPS) is 20.6. The van der Waals surface area contributed by atoms with Crippen molar-refractivity contribution in [3.05, 3.63) is 126 Å². The Labute approximate surface area is 236 Å². The van der Waals surface area contributed by atoms with Gasteiger partial charge in [0.25, 0.3) is 0 Å².